The summed E-state index contributed by atoms with van der Waals surface area (Å²) in [6.45, 7) is 10.6. The Morgan fingerprint density at radius 2 is 1.44 bits per heavy atom. The molecular weight excluding hydrogens is 243 g/mol. The summed E-state index contributed by atoms with van der Waals surface area (Å²) in [5.41, 5.74) is 0.766. The molecule has 2 nitrogen and oxygen atoms in total. The van der Waals surface area contributed by atoms with Crippen LogP contribution in [-0.2, 0) is 0 Å². The first-order valence-corrected chi connectivity index (χ1v) is 6.11. The maximum atomic E-state index is 11.8. The SMILES string of the molecule is CC.CC.CCNc1ccc(OC(F)(F)F)cc1. The first-order valence-electron chi connectivity index (χ1n) is 6.11. The van der Waals surface area contributed by atoms with Crippen molar-refractivity contribution in [1.82, 2.24) is 0 Å². The maximum absolute atomic E-state index is 11.8. The zero-order valence-electron chi connectivity index (χ0n) is 11.6. The average Bonchev–Trinajstić information content (AvgIpc) is 2.35. The average molecular weight is 265 g/mol. The van der Waals surface area contributed by atoms with Crippen molar-refractivity contribution in [3.63, 3.8) is 0 Å². The van der Waals surface area contributed by atoms with Gasteiger partial charge < -0.3 is 10.1 Å². The van der Waals surface area contributed by atoms with Gasteiger partial charge in [-0.05, 0) is 31.2 Å². The minimum atomic E-state index is -4.63. The van der Waals surface area contributed by atoms with Crippen LogP contribution in [0.15, 0.2) is 24.3 Å². The standard InChI is InChI=1S/C9H10F3NO.2C2H6/c1-2-13-7-3-5-8(6-4-7)14-9(10,11)12;2*1-2/h3-6,13H,2H2,1H3;2*1-2H3. The highest BCUT2D eigenvalue weighted by molar-refractivity contribution is 5.46. The van der Waals surface area contributed by atoms with Gasteiger partial charge >= 0.3 is 6.36 Å². The third-order valence-corrected chi connectivity index (χ3v) is 1.47. The topological polar surface area (TPSA) is 21.3 Å². The van der Waals surface area contributed by atoms with Gasteiger partial charge in [-0.15, -0.1) is 13.2 Å². The molecule has 0 amide bonds. The van der Waals surface area contributed by atoms with E-state index in [1.807, 2.05) is 34.6 Å². The lowest BCUT2D eigenvalue weighted by Crippen LogP contribution is -2.17. The molecule has 0 fully saturated rings. The normalized spacial score (nSPS) is 9.33. The van der Waals surface area contributed by atoms with Gasteiger partial charge in [0.2, 0.25) is 0 Å². The first-order chi connectivity index (χ1) is 8.51. The van der Waals surface area contributed by atoms with Gasteiger partial charge in [-0.1, -0.05) is 27.7 Å². The van der Waals surface area contributed by atoms with E-state index in [1.54, 1.807) is 0 Å². The summed E-state index contributed by atoms with van der Waals surface area (Å²) in [4.78, 5) is 0. The summed E-state index contributed by atoms with van der Waals surface area (Å²) in [6, 6.07) is 5.60. The molecule has 0 radical (unpaired) electrons. The summed E-state index contributed by atoms with van der Waals surface area (Å²) in [6.07, 6.45) is -4.63. The predicted molar refractivity (Wildman–Crippen MR) is 70.0 cm³/mol. The number of hydrogen-bond donors (Lipinski definition) is 1. The molecule has 1 aromatic rings. The first kappa shape index (κ1) is 19.0. The van der Waals surface area contributed by atoms with E-state index in [0.29, 0.717) is 0 Å². The molecule has 0 aliphatic carbocycles. The van der Waals surface area contributed by atoms with Gasteiger partial charge in [-0.3, -0.25) is 0 Å². The third kappa shape index (κ3) is 9.81. The second-order valence-electron chi connectivity index (χ2n) is 2.60. The molecule has 0 saturated heterocycles. The van der Waals surface area contributed by atoms with Crippen molar-refractivity contribution in [1.29, 1.82) is 0 Å². The van der Waals surface area contributed by atoms with Crippen LogP contribution in [0.2, 0.25) is 0 Å². The molecule has 0 saturated carbocycles. The predicted octanol–water partition coefficient (Wildman–Crippen LogP) is 5.07. The lowest BCUT2D eigenvalue weighted by molar-refractivity contribution is -0.274. The number of halogens is 3. The number of hydrogen-bond acceptors (Lipinski definition) is 2. The van der Waals surface area contributed by atoms with Crippen LogP contribution in [0.5, 0.6) is 5.75 Å². The van der Waals surface area contributed by atoms with Gasteiger partial charge in [0, 0.05) is 12.2 Å². The fourth-order valence-corrected chi connectivity index (χ4v) is 0.979. The van der Waals surface area contributed by atoms with Gasteiger partial charge in [-0.25, -0.2) is 0 Å². The van der Waals surface area contributed by atoms with Crippen LogP contribution in [0.4, 0.5) is 18.9 Å². The molecule has 0 aromatic heterocycles. The van der Waals surface area contributed by atoms with Gasteiger partial charge in [0.15, 0.2) is 0 Å². The Bertz CT molecular complexity index is 283. The highest BCUT2D eigenvalue weighted by Gasteiger charge is 2.30. The van der Waals surface area contributed by atoms with Crippen LogP contribution in [0, 0.1) is 0 Å². The lowest BCUT2D eigenvalue weighted by Gasteiger charge is -2.09. The minimum Gasteiger partial charge on any atom is -0.406 e. The van der Waals surface area contributed by atoms with Crippen molar-refractivity contribution in [3.8, 4) is 5.75 Å². The number of alkyl halides is 3. The molecule has 1 aromatic carbocycles. The maximum Gasteiger partial charge on any atom is 0.573 e. The van der Waals surface area contributed by atoms with E-state index in [4.69, 9.17) is 0 Å². The smallest absolute Gasteiger partial charge is 0.406 e. The Morgan fingerprint density at radius 3 is 1.78 bits per heavy atom. The molecule has 0 atom stereocenters. The Morgan fingerprint density at radius 1 is 1.00 bits per heavy atom. The summed E-state index contributed by atoms with van der Waals surface area (Å²) in [5.74, 6) is -0.209. The fourth-order valence-electron chi connectivity index (χ4n) is 0.979. The van der Waals surface area contributed by atoms with E-state index in [2.05, 4.69) is 10.1 Å². The lowest BCUT2D eigenvalue weighted by atomic mass is 10.3. The van der Waals surface area contributed by atoms with Gasteiger partial charge in [0.1, 0.15) is 5.75 Å². The van der Waals surface area contributed by atoms with Crippen molar-refractivity contribution >= 4 is 5.69 Å². The van der Waals surface area contributed by atoms with Crippen molar-refractivity contribution in [2.75, 3.05) is 11.9 Å². The van der Waals surface area contributed by atoms with Gasteiger partial charge in [0.05, 0.1) is 0 Å². The fraction of sp³-hybridized carbons (Fsp3) is 0.538. The van der Waals surface area contributed by atoms with Gasteiger partial charge in [-0.2, -0.15) is 0 Å². The second kappa shape index (κ2) is 10.7. The minimum absolute atomic E-state index is 0.209. The Balaban J connectivity index is 0. The van der Waals surface area contributed by atoms with E-state index >= 15 is 0 Å². The molecule has 0 unspecified atom stereocenters. The van der Waals surface area contributed by atoms with Crippen molar-refractivity contribution < 1.29 is 17.9 Å². The number of nitrogens with one attached hydrogen (secondary N) is 1. The Labute approximate surface area is 107 Å². The highest BCUT2D eigenvalue weighted by atomic mass is 19.4. The molecule has 5 heteroatoms. The third-order valence-electron chi connectivity index (χ3n) is 1.47. The molecule has 0 aliphatic heterocycles. The Hall–Kier alpha value is -1.39. The van der Waals surface area contributed by atoms with Crippen LogP contribution in [0.3, 0.4) is 0 Å². The molecule has 1 rings (SSSR count). The van der Waals surface area contributed by atoms with E-state index < -0.39 is 6.36 Å². The van der Waals surface area contributed by atoms with E-state index in [9.17, 15) is 13.2 Å². The zero-order chi connectivity index (χ0) is 14.6. The van der Waals surface area contributed by atoms with Crippen LogP contribution in [0.25, 0.3) is 0 Å². The largest absolute Gasteiger partial charge is 0.573 e. The number of ether oxygens (including phenoxy) is 1. The molecule has 1 N–H and O–H groups in total. The molecule has 18 heavy (non-hydrogen) atoms. The second-order valence-corrected chi connectivity index (χ2v) is 2.60. The highest BCUT2D eigenvalue weighted by Crippen LogP contribution is 2.23. The summed E-state index contributed by atoms with van der Waals surface area (Å²) >= 11 is 0. The van der Waals surface area contributed by atoms with E-state index in [-0.39, 0.29) is 5.75 Å². The van der Waals surface area contributed by atoms with Crippen LogP contribution in [-0.4, -0.2) is 12.9 Å². The van der Waals surface area contributed by atoms with Crippen molar-refractivity contribution in [3.05, 3.63) is 24.3 Å². The molecule has 0 aliphatic rings. The summed E-state index contributed by atoms with van der Waals surface area (Å²) in [7, 11) is 0. The summed E-state index contributed by atoms with van der Waals surface area (Å²) < 4.78 is 39.0. The number of benzene rings is 1. The monoisotopic (exact) mass is 265 g/mol. The molecule has 0 bridgehead atoms. The summed E-state index contributed by atoms with van der Waals surface area (Å²) in [5, 5.41) is 2.96. The Kier molecular flexibility index (Phi) is 11.3. The van der Waals surface area contributed by atoms with E-state index in [0.717, 1.165) is 12.2 Å². The quantitative estimate of drug-likeness (QED) is 0.823. The van der Waals surface area contributed by atoms with E-state index in [1.165, 1.54) is 24.3 Å². The van der Waals surface area contributed by atoms with Crippen molar-refractivity contribution in [2.24, 2.45) is 0 Å². The van der Waals surface area contributed by atoms with Gasteiger partial charge in [0.25, 0.3) is 0 Å². The zero-order valence-corrected chi connectivity index (χ0v) is 11.6. The van der Waals surface area contributed by atoms with Crippen molar-refractivity contribution in [2.45, 2.75) is 41.0 Å². The molecule has 0 spiro atoms. The van der Waals surface area contributed by atoms with Crippen LogP contribution < -0.4 is 10.1 Å². The molecular formula is C13H22F3NO. The van der Waals surface area contributed by atoms with Crippen LogP contribution >= 0.6 is 0 Å². The molecule has 0 heterocycles. The molecule has 106 valence electrons. The number of anilines is 1. The van der Waals surface area contributed by atoms with Crippen LogP contribution in [0.1, 0.15) is 34.6 Å². The number of rotatable bonds is 3.